The van der Waals surface area contributed by atoms with E-state index >= 15 is 0 Å². The molecule has 1 nitrogen and oxygen atoms in total. The van der Waals surface area contributed by atoms with Gasteiger partial charge in [0.2, 0.25) is 0 Å². The summed E-state index contributed by atoms with van der Waals surface area (Å²) >= 11 is 0. The highest BCUT2D eigenvalue weighted by Gasteiger charge is 2.16. The molecule has 0 spiro atoms. The molecule has 1 atom stereocenters. The van der Waals surface area contributed by atoms with Crippen molar-refractivity contribution in [1.29, 1.82) is 0 Å². The number of hydrogen-bond donors (Lipinski definition) is 0. The third kappa shape index (κ3) is 2.19. The summed E-state index contributed by atoms with van der Waals surface area (Å²) in [5, 5.41) is 0. The van der Waals surface area contributed by atoms with Gasteiger partial charge in [-0.3, -0.25) is 0 Å². The fraction of sp³-hybridized carbons (Fsp3) is 0.600. The molecular weight excluding hydrogens is 136 g/mol. The van der Waals surface area contributed by atoms with Crippen molar-refractivity contribution in [2.75, 3.05) is 13.7 Å². The molecule has 1 rings (SSSR count). The summed E-state index contributed by atoms with van der Waals surface area (Å²) in [5.74, 6) is 0.630. The number of methoxy groups -OCH3 is 1. The molecule has 11 heavy (non-hydrogen) atoms. The average molecular weight is 152 g/mol. The van der Waals surface area contributed by atoms with E-state index in [1.165, 1.54) is 24.8 Å². The van der Waals surface area contributed by atoms with E-state index in [9.17, 15) is 0 Å². The van der Waals surface area contributed by atoms with Crippen molar-refractivity contribution in [2.45, 2.75) is 19.3 Å². The van der Waals surface area contributed by atoms with Crippen LogP contribution in [0.15, 0.2) is 24.3 Å². The van der Waals surface area contributed by atoms with Gasteiger partial charge in [0.25, 0.3) is 0 Å². The first-order valence-electron chi connectivity index (χ1n) is 4.19. The minimum atomic E-state index is 0.630. The molecule has 1 aliphatic carbocycles. The van der Waals surface area contributed by atoms with Gasteiger partial charge in [0.05, 0.1) is 6.61 Å². The maximum absolute atomic E-state index is 4.99. The van der Waals surface area contributed by atoms with E-state index in [-0.39, 0.29) is 0 Å². The van der Waals surface area contributed by atoms with Crippen LogP contribution in [0.3, 0.4) is 0 Å². The normalized spacial score (nSPS) is 27.7. The van der Waals surface area contributed by atoms with Crippen molar-refractivity contribution >= 4 is 0 Å². The van der Waals surface area contributed by atoms with Gasteiger partial charge in [-0.25, -0.2) is 0 Å². The third-order valence-corrected chi connectivity index (χ3v) is 2.25. The van der Waals surface area contributed by atoms with Gasteiger partial charge < -0.3 is 4.74 Å². The van der Waals surface area contributed by atoms with Crippen molar-refractivity contribution in [3.63, 3.8) is 0 Å². The molecule has 0 aromatic rings. The Morgan fingerprint density at radius 1 is 1.73 bits per heavy atom. The Balaban J connectivity index is 2.48. The molecule has 1 aliphatic rings. The minimum absolute atomic E-state index is 0.630. The van der Waals surface area contributed by atoms with E-state index in [1.807, 2.05) is 0 Å². The molecule has 1 unspecified atom stereocenters. The topological polar surface area (TPSA) is 9.23 Å². The first-order chi connectivity index (χ1) is 5.38. The maximum Gasteiger partial charge on any atom is 0.0646 e. The molecule has 1 saturated carbocycles. The lowest BCUT2D eigenvalue weighted by molar-refractivity contribution is 0.233. The van der Waals surface area contributed by atoms with Crippen LogP contribution in [0.1, 0.15) is 19.3 Å². The van der Waals surface area contributed by atoms with Gasteiger partial charge in [0, 0.05) is 7.11 Å². The molecule has 0 N–H and O–H groups in total. The Morgan fingerprint density at radius 3 is 3.18 bits per heavy atom. The van der Waals surface area contributed by atoms with E-state index in [4.69, 9.17) is 4.74 Å². The molecular formula is C10H16O. The van der Waals surface area contributed by atoms with Crippen LogP contribution in [-0.4, -0.2) is 13.7 Å². The lowest BCUT2D eigenvalue weighted by atomic mass is 10.0. The van der Waals surface area contributed by atoms with Crippen molar-refractivity contribution in [1.82, 2.24) is 0 Å². The van der Waals surface area contributed by atoms with Crippen LogP contribution in [0.5, 0.6) is 0 Å². The molecule has 0 aromatic carbocycles. The SMILES string of the molecule is C=CC1CCCC1=CCOC. The van der Waals surface area contributed by atoms with Crippen LogP contribution >= 0.6 is 0 Å². The van der Waals surface area contributed by atoms with Crippen molar-refractivity contribution in [3.05, 3.63) is 24.3 Å². The van der Waals surface area contributed by atoms with E-state index < -0.39 is 0 Å². The smallest absolute Gasteiger partial charge is 0.0646 e. The van der Waals surface area contributed by atoms with Gasteiger partial charge in [-0.2, -0.15) is 0 Å². The Bertz CT molecular complexity index is 158. The molecule has 1 heteroatoms. The van der Waals surface area contributed by atoms with Gasteiger partial charge in [-0.1, -0.05) is 17.7 Å². The van der Waals surface area contributed by atoms with Gasteiger partial charge >= 0.3 is 0 Å². The second-order valence-electron chi connectivity index (χ2n) is 2.97. The van der Waals surface area contributed by atoms with Gasteiger partial charge in [-0.05, 0) is 25.2 Å². The zero-order valence-electron chi connectivity index (χ0n) is 7.18. The summed E-state index contributed by atoms with van der Waals surface area (Å²) in [6.07, 6.45) is 8.07. The molecule has 62 valence electrons. The summed E-state index contributed by atoms with van der Waals surface area (Å²) in [7, 11) is 1.73. The summed E-state index contributed by atoms with van der Waals surface area (Å²) < 4.78 is 4.99. The number of hydrogen-bond acceptors (Lipinski definition) is 1. The Kier molecular flexibility index (Phi) is 3.37. The zero-order valence-corrected chi connectivity index (χ0v) is 7.18. The summed E-state index contributed by atoms with van der Waals surface area (Å²) in [6.45, 7) is 4.57. The molecule has 0 bridgehead atoms. The monoisotopic (exact) mass is 152 g/mol. The van der Waals surface area contributed by atoms with Crippen LogP contribution in [-0.2, 0) is 4.74 Å². The van der Waals surface area contributed by atoms with Gasteiger partial charge in [-0.15, -0.1) is 6.58 Å². The summed E-state index contributed by atoms with van der Waals surface area (Å²) in [5.41, 5.74) is 1.52. The average Bonchev–Trinajstić information content (AvgIpc) is 2.47. The fourth-order valence-electron chi connectivity index (χ4n) is 1.61. The number of allylic oxidation sites excluding steroid dienone is 2. The second kappa shape index (κ2) is 4.35. The Labute approximate surface area is 68.8 Å². The molecule has 0 aliphatic heterocycles. The Morgan fingerprint density at radius 2 is 2.55 bits per heavy atom. The summed E-state index contributed by atoms with van der Waals surface area (Å²) in [4.78, 5) is 0. The van der Waals surface area contributed by atoms with Crippen molar-refractivity contribution < 1.29 is 4.74 Å². The highest BCUT2D eigenvalue weighted by atomic mass is 16.5. The predicted octanol–water partition coefficient (Wildman–Crippen LogP) is 2.55. The minimum Gasteiger partial charge on any atom is -0.381 e. The molecule has 0 heterocycles. The van der Waals surface area contributed by atoms with Crippen LogP contribution in [0.2, 0.25) is 0 Å². The first-order valence-corrected chi connectivity index (χ1v) is 4.19. The van der Waals surface area contributed by atoms with Gasteiger partial charge in [0.1, 0.15) is 0 Å². The molecule has 0 saturated heterocycles. The van der Waals surface area contributed by atoms with E-state index in [2.05, 4.69) is 18.7 Å². The molecule has 0 radical (unpaired) electrons. The standard InChI is InChI=1S/C10H16O/c1-3-9-5-4-6-10(9)7-8-11-2/h3,7,9H,1,4-6,8H2,2H3. The lowest BCUT2D eigenvalue weighted by Crippen LogP contribution is -1.93. The van der Waals surface area contributed by atoms with Crippen LogP contribution < -0.4 is 0 Å². The lowest BCUT2D eigenvalue weighted by Gasteiger charge is -2.04. The van der Waals surface area contributed by atoms with Gasteiger partial charge in [0.15, 0.2) is 0 Å². The third-order valence-electron chi connectivity index (χ3n) is 2.25. The molecule has 0 amide bonds. The highest BCUT2D eigenvalue weighted by molar-refractivity contribution is 5.16. The van der Waals surface area contributed by atoms with E-state index in [0.29, 0.717) is 5.92 Å². The fourth-order valence-corrected chi connectivity index (χ4v) is 1.61. The van der Waals surface area contributed by atoms with E-state index in [1.54, 1.807) is 7.11 Å². The number of rotatable bonds is 3. The van der Waals surface area contributed by atoms with E-state index in [0.717, 1.165) is 6.61 Å². The largest absolute Gasteiger partial charge is 0.381 e. The zero-order chi connectivity index (χ0) is 8.10. The second-order valence-corrected chi connectivity index (χ2v) is 2.97. The molecule has 0 aromatic heterocycles. The van der Waals surface area contributed by atoms with Crippen molar-refractivity contribution in [2.24, 2.45) is 5.92 Å². The Hall–Kier alpha value is -0.560. The van der Waals surface area contributed by atoms with Crippen LogP contribution in [0.4, 0.5) is 0 Å². The predicted molar refractivity (Wildman–Crippen MR) is 47.5 cm³/mol. The van der Waals surface area contributed by atoms with Crippen molar-refractivity contribution in [3.8, 4) is 0 Å². The quantitative estimate of drug-likeness (QED) is 0.565. The maximum atomic E-state index is 4.99. The van der Waals surface area contributed by atoms with Crippen LogP contribution in [0.25, 0.3) is 0 Å². The summed E-state index contributed by atoms with van der Waals surface area (Å²) in [6, 6.07) is 0. The number of ether oxygens (including phenoxy) is 1. The van der Waals surface area contributed by atoms with Crippen LogP contribution in [0, 0.1) is 5.92 Å². The first kappa shape index (κ1) is 8.54. The molecule has 1 fully saturated rings. The highest BCUT2D eigenvalue weighted by Crippen LogP contribution is 2.31.